The number of imidazole rings is 1. The highest BCUT2D eigenvalue weighted by Gasteiger charge is 2.32. The Hall–Kier alpha value is -2.71. The molecule has 2 aliphatic heterocycles. The van der Waals surface area contributed by atoms with Crippen LogP contribution in [0.4, 0.5) is 0 Å². The molecule has 2 aliphatic rings. The lowest BCUT2D eigenvalue weighted by molar-refractivity contribution is -0.136. The molecular weight excluding hydrogens is 496 g/mol. The van der Waals surface area contributed by atoms with Crippen LogP contribution in [-0.4, -0.2) is 82.0 Å². The Balaban J connectivity index is 1.08. The fraction of sp³-hybridized carbons (Fsp3) is 0.467. The number of benzene rings is 2. The molecule has 0 unspecified atom stereocenters. The number of hydrogen-bond donors (Lipinski definition) is 1. The Morgan fingerprint density at radius 1 is 1.03 bits per heavy atom. The number of piperidine rings is 1. The zero-order valence-corrected chi connectivity index (χ0v) is 23.1. The van der Waals surface area contributed by atoms with Crippen LogP contribution in [0.25, 0.3) is 11.1 Å². The highest BCUT2D eigenvalue weighted by Crippen LogP contribution is 2.28. The fourth-order valence-electron chi connectivity index (χ4n) is 5.77. The van der Waals surface area contributed by atoms with Crippen LogP contribution in [0.3, 0.4) is 0 Å². The van der Waals surface area contributed by atoms with Crippen LogP contribution in [0, 0.1) is 5.92 Å². The molecule has 1 amide bonds. The number of carbonyl (C=O) groups excluding carboxylic acids is 1. The summed E-state index contributed by atoms with van der Waals surface area (Å²) in [7, 11) is 2.02. The quantitative estimate of drug-likeness (QED) is 0.477. The van der Waals surface area contributed by atoms with Crippen LogP contribution in [0.1, 0.15) is 24.2 Å². The summed E-state index contributed by atoms with van der Waals surface area (Å²) in [5, 5.41) is 0.778. The molecule has 5 rings (SSSR count). The van der Waals surface area contributed by atoms with Gasteiger partial charge < -0.3 is 20.1 Å². The molecule has 3 heterocycles. The average molecular weight is 535 g/mol. The summed E-state index contributed by atoms with van der Waals surface area (Å²) < 4.78 is 2.05. The second-order valence-corrected chi connectivity index (χ2v) is 11.1. The molecule has 0 spiro atoms. The molecule has 7 nitrogen and oxygen atoms in total. The van der Waals surface area contributed by atoms with Gasteiger partial charge in [0.15, 0.2) is 0 Å². The van der Waals surface area contributed by atoms with Gasteiger partial charge >= 0.3 is 0 Å². The van der Waals surface area contributed by atoms with Gasteiger partial charge in [-0.3, -0.25) is 9.69 Å². The third-order valence-corrected chi connectivity index (χ3v) is 8.48. The fourth-order valence-corrected chi connectivity index (χ4v) is 5.97. The molecule has 2 fully saturated rings. The number of nitrogens with two attached hydrogens (primary N) is 1. The number of aryl methyl sites for hydroxylation is 1. The molecule has 1 atom stereocenters. The molecule has 2 aromatic carbocycles. The number of carbonyl (C=O) groups is 1. The first-order valence-corrected chi connectivity index (χ1v) is 14.1. The third kappa shape index (κ3) is 6.46. The van der Waals surface area contributed by atoms with Gasteiger partial charge in [-0.05, 0) is 67.1 Å². The van der Waals surface area contributed by atoms with Gasteiger partial charge in [-0.2, -0.15) is 0 Å². The Labute approximate surface area is 231 Å². The van der Waals surface area contributed by atoms with Crippen molar-refractivity contribution in [1.29, 1.82) is 0 Å². The number of likely N-dealkylation sites (tertiary alicyclic amines) is 1. The number of hydrogen-bond acceptors (Lipinski definition) is 5. The van der Waals surface area contributed by atoms with E-state index in [0.29, 0.717) is 0 Å². The van der Waals surface area contributed by atoms with Crippen molar-refractivity contribution in [3.63, 3.8) is 0 Å². The van der Waals surface area contributed by atoms with E-state index < -0.39 is 6.04 Å². The van der Waals surface area contributed by atoms with E-state index in [0.717, 1.165) is 82.5 Å². The molecule has 2 N–H and O–H groups in total. The van der Waals surface area contributed by atoms with E-state index >= 15 is 0 Å². The lowest BCUT2D eigenvalue weighted by atomic mass is 9.88. The van der Waals surface area contributed by atoms with Crippen molar-refractivity contribution in [2.45, 2.75) is 31.8 Å². The minimum atomic E-state index is -0.407. The van der Waals surface area contributed by atoms with Crippen LogP contribution in [-0.2, 0) is 24.8 Å². The molecule has 0 aliphatic carbocycles. The van der Waals surface area contributed by atoms with Gasteiger partial charge in [0.1, 0.15) is 5.82 Å². The summed E-state index contributed by atoms with van der Waals surface area (Å²) in [6.45, 7) is 6.94. The van der Waals surface area contributed by atoms with E-state index in [-0.39, 0.29) is 11.8 Å². The van der Waals surface area contributed by atoms with Crippen molar-refractivity contribution in [3.8, 4) is 11.1 Å². The van der Waals surface area contributed by atoms with Gasteiger partial charge in [-0.1, -0.05) is 48.0 Å². The summed E-state index contributed by atoms with van der Waals surface area (Å²) in [4.78, 5) is 24.5. The van der Waals surface area contributed by atoms with Crippen LogP contribution >= 0.6 is 11.6 Å². The SMILES string of the molecule is Cn1ccnc1CN1CCN(C(=O)[C@H](N)C2CCN(CCc3cc(Cl)ccc3-c3ccccc3)CC2)CC1. The average Bonchev–Trinajstić information content (AvgIpc) is 3.36. The number of piperazine rings is 1. The maximum Gasteiger partial charge on any atom is 0.239 e. The van der Waals surface area contributed by atoms with Crippen molar-refractivity contribution in [2.24, 2.45) is 18.7 Å². The highest BCUT2D eigenvalue weighted by molar-refractivity contribution is 6.30. The number of aromatic nitrogens is 2. The molecule has 3 aromatic rings. The summed E-state index contributed by atoms with van der Waals surface area (Å²) in [6.07, 6.45) is 6.68. The molecule has 2 saturated heterocycles. The zero-order chi connectivity index (χ0) is 26.5. The highest BCUT2D eigenvalue weighted by atomic mass is 35.5. The Morgan fingerprint density at radius 2 is 1.76 bits per heavy atom. The molecule has 0 bridgehead atoms. The van der Waals surface area contributed by atoms with Crippen molar-refractivity contribution >= 4 is 17.5 Å². The Morgan fingerprint density at radius 3 is 2.45 bits per heavy atom. The van der Waals surface area contributed by atoms with Crippen molar-refractivity contribution < 1.29 is 4.79 Å². The normalized spacial score (nSPS) is 18.6. The van der Waals surface area contributed by atoms with Gasteiger partial charge in [0.2, 0.25) is 5.91 Å². The van der Waals surface area contributed by atoms with Crippen LogP contribution in [0.5, 0.6) is 0 Å². The standard InChI is InChI=1S/C30H39ClN6O/c1-34-16-12-33-28(34)22-36-17-19-37(20-18-36)30(38)29(32)24-9-13-35(14-10-24)15-11-25-21-26(31)7-8-27(25)23-5-3-2-4-6-23/h2-8,12,16,21,24,29H,9-11,13-15,17-20,22,32H2,1H3/t29-/m1/s1. The second kappa shape index (κ2) is 12.4. The summed E-state index contributed by atoms with van der Waals surface area (Å²) in [5.41, 5.74) is 10.3. The van der Waals surface area contributed by atoms with Crippen LogP contribution in [0.2, 0.25) is 5.02 Å². The molecular formula is C30H39ClN6O. The van der Waals surface area contributed by atoms with Crippen LogP contribution < -0.4 is 5.73 Å². The molecule has 8 heteroatoms. The van der Waals surface area contributed by atoms with Gasteiger partial charge in [-0.15, -0.1) is 0 Å². The first-order valence-electron chi connectivity index (χ1n) is 13.8. The topological polar surface area (TPSA) is 70.6 Å². The number of amides is 1. The molecule has 202 valence electrons. The maximum absolute atomic E-state index is 13.2. The summed E-state index contributed by atoms with van der Waals surface area (Å²) in [6, 6.07) is 16.3. The molecule has 38 heavy (non-hydrogen) atoms. The Bertz CT molecular complexity index is 1200. The van der Waals surface area contributed by atoms with E-state index in [1.807, 2.05) is 36.5 Å². The van der Waals surface area contributed by atoms with E-state index in [1.54, 1.807) is 0 Å². The summed E-state index contributed by atoms with van der Waals surface area (Å²) in [5.74, 6) is 1.42. The largest absolute Gasteiger partial charge is 0.339 e. The molecule has 0 saturated carbocycles. The van der Waals surface area contributed by atoms with E-state index in [4.69, 9.17) is 17.3 Å². The third-order valence-electron chi connectivity index (χ3n) is 8.24. The van der Waals surface area contributed by atoms with E-state index in [2.05, 4.69) is 55.7 Å². The Kier molecular flexibility index (Phi) is 8.79. The number of nitrogens with zero attached hydrogens (tertiary/aromatic N) is 5. The van der Waals surface area contributed by atoms with Gasteiger partial charge in [-0.25, -0.2) is 4.98 Å². The molecule has 0 radical (unpaired) electrons. The zero-order valence-electron chi connectivity index (χ0n) is 22.3. The molecule has 1 aromatic heterocycles. The van der Waals surface area contributed by atoms with Gasteiger partial charge in [0.25, 0.3) is 0 Å². The van der Waals surface area contributed by atoms with E-state index in [1.165, 1.54) is 16.7 Å². The first kappa shape index (κ1) is 26.9. The minimum absolute atomic E-state index is 0.117. The van der Waals surface area contributed by atoms with Crippen molar-refractivity contribution in [1.82, 2.24) is 24.3 Å². The minimum Gasteiger partial charge on any atom is -0.339 e. The number of halogens is 1. The smallest absolute Gasteiger partial charge is 0.239 e. The van der Waals surface area contributed by atoms with Crippen LogP contribution in [0.15, 0.2) is 60.9 Å². The lowest BCUT2D eigenvalue weighted by Gasteiger charge is -2.39. The predicted molar refractivity (Wildman–Crippen MR) is 153 cm³/mol. The van der Waals surface area contributed by atoms with Gasteiger partial charge in [0.05, 0.1) is 12.6 Å². The second-order valence-electron chi connectivity index (χ2n) is 10.7. The van der Waals surface area contributed by atoms with Crippen molar-refractivity contribution in [2.75, 3.05) is 45.8 Å². The van der Waals surface area contributed by atoms with Crippen molar-refractivity contribution in [3.05, 3.63) is 77.3 Å². The lowest BCUT2D eigenvalue weighted by Crippen LogP contribution is -2.55. The van der Waals surface area contributed by atoms with Gasteiger partial charge in [0, 0.05) is 57.2 Å². The first-order chi connectivity index (χ1) is 18.5. The number of rotatable bonds is 8. The monoisotopic (exact) mass is 534 g/mol. The summed E-state index contributed by atoms with van der Waals surface area (Å²) >= 11 is 6.35. The maximum atomic E-state index is 13.2. The van der Waals surface area contributed by atoms with E-state index in [9.17, 15) is 4.79 Å². The predicted octanol–water partition coefficient (Wildman–Crippen LogP) is 3.67.